The van der Waals surface area contributed by atoms with Gasteiger partial charge in [0.15, 0.2) is 0 Å². The zero-order valence-electron chi connectivity index (χ0n) is 13.0. The highest BCUT2D eigenvalue weighted by Gasteiger charge is 2.47. The van der Waals surface area contributed by atoms with E-state index < -0.39 is 11.4 Å². The minimum Gasteiger partial charge on any atom is -0.481 e. The van der Waals surface area contributed by atoms with Gasteiger partial charge in [-0.2, -0.15) is 0 Å². The zero-order valence-corrected chi connectivity index (χ0v) is 13.0. The largest absolute Gasteiger partial charge is 0.481 e. The predicted octanol–water partition coefficient (Wildman–Crippen LogP) is 3.30. The molecule has 1 N–H and O–H groups in total. The second-order valence-electron chi connectivity index (χ2n) is 6.78. The first-order valence-corrected chi connectivity index (χ1v) is 8.11. The number of carboxylic acid groups (broad SMARTS) is 1. The van der Waals surface area contributed by atoms with E-state index in [0.717, 1.165) is 25.8 Å². The number of aryl methyl sites for hydroxylation is 1. The lowest BCUT2D eigenvalue weighted by Crippen LogP contribution is -2.43. The standard InChI is InChI=1S/C18H23NO3/c1-13-5-2-6-14(11-13)15-7-3-10-19(15)16(20)12-18(17(21)22)8-4-9-18/h2,5-6,11,15H,3-4,7-10,12H2,1H3,(H,21,22). The van der Waals surface area contributed by atoms with E-state index in [9.17, 15) is 14.7 Å². The van der Waals surface area contributed by atoms with Gasteiger partial charge in [0.2, 0.25) is 5.91 Å². The summed E-state index contributed by atoms with van der Waals surface area (Å²) in [6.45, 7) is 2.80. The van der Waals surface area contributed by atoms with E-state index >= 15 is 0 Å². The van der Waals surface area contributed by atoms with E-state index in [4.69, 9.17) is 0 Å². The molecular weight excluding hydrogens is 278 g/mol. The lowest BCUT2D eigenvalue weighted by molar-refractivity contribution is -0.159. The number of nitrogens with zero attached hydrogens (tertiary/aromatic N) is 1. The number of amides is 1. The van der Waals surface area contributed by atoms with Gasteiger partial charge in [0, 0.05) is 13.0 Å². The first-order valence-electron chi connectivity index (χ1n) is 8.11. The smallest absolute Gasteiger partial charge is 0.310 e. The van der Waals surface area contributed by atoms with Crippen LogP contribution in [0.2, 0.25) is 0 Å². The molecule has 1 heterocycles. The number of hydrogen-bond donors (Lipinski definition) is 1. The molecule has 1 aromatic rings. The normalized spacial score (nSPS) is 23.1. The molecule has 1 saturated heterocycles. The third-order valence-electron chi connectivity index (χ3n) is 5.25. The average molecular weight is 301 g/mol. The van der Waals surface area contributed by atoms with E-state index in [0.29, 0.717) is 12.8 Å². The van der Waals surface area contributed by atoms with Crippen molar-refractivity contribution in [1.29, 1.82) is 0 Å². The summed E-state index contributed by atoms with van der Waals surface area (Å²) in [6, 6.07) is 8.39. The zero-order chi connectivity index (χ0) is 15.7. The van der Waals surface area contributed by atoms with E-state index in [1.165, 1.54) is 11.1 Å². The fraction of sp³-hybridized carbons (Fsp3) is 0.556. The Labute approximate surface area is 131 Å². The second-order valence-corrected chi connectivity index (χ2v) is 6.78. The molecule has 0 radical (unpaired) electrons. The highest BCUT2D eigenvalue weighted by atomic mass is 16.4. The molecule has 1 unspecified atom stereocenters. The van der Waals surface area contributed by atoms with Crippen LogP contribution in [0.1, 0.15) is 55.7 Å². The van der Waals surface area contributed by atoms with E-state index in [1.54, 1.807) is 0 Å². The number of hydrogen-bond acceptors (Lipinski definition) is 2. The van der Waals surface area contributed by atoms with Crippen molar-refractivity contribution in [2.45, 2.75) is 51.5 Å². The van der Waals surface area contributed by atoms with Crippen LogP contribution in [0.5, 0.6) is 0 Å². The van der Waals surface area contributed by atoms with Crippen molar-refractivity contribution in [1.82, 2.24) is 4.90 Å². The van der Waals surface area contributed by atoms with Gasteiger partial charge in [0.25, 0.3) is 0 Å². The molecule has 4 nitrogen and oxygen atoms in total. The molecule has 1 atom stereocenters. The Kier molecular flexibility index (Phi) is 3.94. The SMILES string of the molecule is Cc1cccc(C2CCCN2C(=O)CC2(C(=O)O)CCC2)c1. The van der Waals surface area contributed by atoms with Gasteiger partial charge in [-0.3, -0.25) is 9.59 Å². The molecule has 2 aliphatic rings. The minimum atomic E-state index is -0.807. The maximum absolute atomic E-state index is 12.7. The molecule has 4 heteroatoms. The summed E-state index contributed by atoms with van der Waals surface area (Å²) in [5.41, 5.74) is 1.57. The molecule has 0 bridgehead atoms. The maximum atomic E-state index is 12.7. The first-order chi connectivity index (χ1) is 10.5. The number of rotatable bonds is 4. The van der Waals surface area contributed by atoms with Gasteiger partial charge < -0.3 is 10.0 Å². The van der Waals surface area contributed by atoms with Crippen molar-refractivity contribution in [2.75, 3.05) is 6.54 Å². The lowest BCUT2D eigenvalue weighted by atomic mass is 9.66. The fourth-order valence-electron chi connectivity index (χ4n) is 3.75. The van der Waals surface area contributed by atoms with Crippen LogP contribution in [-0.2, 0) is 9.59 Å². The van der Waals surface area contributed by atoms with E-state index in [-0.39, 0.29) is 18.4 Å². The van der Waals surface area contributed by atoms with E-state index in [1.807, 2.05) is 11.0 Å². The van der Waals surface area contributed by atoms with Crippen molar-refractivity contribution in [2.24, 2.45) is 5.41 Å². The maximum Gasteiger partial charge on any atom is 0.310 e. The van der Waals surface area contributed by atoms with Gasteiger partial charge in [-0.15, -0.1) is 0 Å². The van der Waals surface area contributed by atoms with Gasteiger partial charge in [0.1, 0.15) is 0 Å². The predicted molar refractivity (Wildman–Crippen MR) is 83.4 cm³/mol. The summed E-state index contributed by atoms with van der Waals surface area (Å²) in [5, 5.41) is 9.42. The number of likely N-dealkylation sites (tertiary alicyclic amines) is 1. The summed E-state index contributed by atoms with van der Waals surface area (Å²) in [6.07, 6.45) is 4.30. The van der Waals surface area contributed by atoms with Gasteiger partial charge >= 0.3 is 5.97 Å². The number of aliphatic carboxylic acids is 1. The van der Waals surface area contributed by atoms with Gasteiger partial charge in [-0.1, -0.05) is 36.2 Å². The van der Waals surface area contributed by atoms with Crippen molar-refractivity contribution >= 4 is 11.9 Å². The molecule has 1 aromatic carbocycles. The van der Waals surface area contributed by atoms with Crippen molar-refractivity contribution in [3.63, 3.8) is 0 Å². The number of benzene rings is 1. The molecule has 3 rings (SSSR count). The summed E-state index contributed by atoms with van der Waals surface area (Å²) in [4.78, 5) is 26.1. The van der Waals surface area contributed by atoms with E-state index in [2.05, 4.69) is 25.1 Å². The molecule has 0 spiro atoms. The Bertz CT molecular complexity index is 592. The Morgan fingerprint density at radius 3 is 2.68 bits per heavy atom. The van der Waals surface area contributed by atoms with Crippen LogP contribution < -0.4 is 0 Å². The van der Waals surface area contributed by atoms with Crippen LogP contribution in [0.15, 0.2) is 24.3 Å². The summed E-state index contributed by atoms with van der Waals surface area (Å²) in [7, 11) is 0. The summed E-state index contributed by atoms with van der Waals surface area (Å²) < 4.78 is 0. The van der Waals surface area contributed by atoms with Crippen LogP contribution in [0.3, 0.4) is 0 Å². The van der Waals surface area contributed by atoms with Gasteiger partial charge in [-0.05, 0) is 38.2 Å². The van der Waals surface area contributed by atoms with Crippen molar-refractivity contribution in [3.8, 4) is 0 Å². The molecule has 1 amide bonds. The topological polar surface area (TPSA) is 57.6 Å². The number of carbonyl (C=O) groups is 2. The first kappa shape index (κ1) is 15.1. The highest BCUT2D eigenvalue weighted by Crippen LogP contribution is 2.45. The molecule has 1 aliphatic heterocycles. The Balaban J connectivity index is 1.75. The monoisotopic (exact) mass is 301 g/mol. The quantitative estimate of drug-likeness (QED) is 0.928. The van der Waals surface area contributed by atoms with Crippen molar-refractivity contribution in [3.05, 3.63) is 35.4 Å². The molecule has 2 fully saturated rings. The minimum absolute atomic E-state index is 0.00565. The third kappa shape index (κ3) is 2.62. The molecule has 0 aromatic heterocycles. The Hall–Kier alpha value is -1.84. The van der Waals surface area contributed by atoms with Crippen LogP contribution in [0.25, 0.3) is 0 Å². The Morgan fingerprint density at radius 1 is 1.32 bits per heavy atom. The molecule has 22 heavy (non-hydrogen) atoms. The van der Waals surface area contributed by atoms with Crippen LogP contribution in [-0.4, -0.2) is 28.4 Å². The fourth-order valence-corrected chi connectivity index (χ4v) is 3.75. The van der Waals surface area contributed by atoms with Gasteiger partial charge in [0.05, 0.1) is 11.5 Å². The lowest BCUT2D eigenvalue weighted by Gasteiger charge is -2.38. The van der Waals surface area contributed by atoms with Crippen LogP contribution >= 0.6 is 0 Å². The second kappa shape index (κ2) is 5.75. The van der Waals surface area contributed by atoms with Crippen LogP contribution in [0, 0.1) is 12.3 Å². The summed E-state index contributed by atoms with van der Waals surface area (Å²) >= 11 is 0. The van der Waals surface area contributed by atoms with Gasteiger partial charge in [-0.25, -0.2) is 0 Å². The number of carbonyl (C=O) groups excluding carboxylic acids is 1. The third-order valence-corrected chi connectivity index (χ3v) is 5.25. The number of carboxylic acids is 1. The van der Waals surface area contributed by atoms with Crippen LogP contribution in [0.4, 0.5) is 0 Å². The highest BCUT2D eigenvalue weighted by molar-refractivity contribution is 5.86. The summed E-state index contributed by atoms with van der Waals surface area (Å²) in [5.74, 6) is -0.801. The average Bonchev–Trinajstić information content (AvgIpc) is 2.91. The molecule has 1 aliphatic carbocycles. The van der Waals surface area contributed by atoms with Crippen molar-refractivity contribution < 1.29 is 14.7 Å². The Morgan fingerprint density at radius 2 is 2.09 bits per heavy atom. The molecule has 1 saturated carbocycles. The molecular formula is C18H23NO3. The molecule has 118 valence electrons.